The molecule has 5 heteroatoms. The van der Waals surface area contributed by atoms with Crippen molar-refractivity contribution in [1.82, 2.24) is 0 Å². The second-order valence-corrected chi connectivity index (χ2v) is 4.01. The molecule has 0 saturated carbocycles. The van der Waals surface area contributed by atoms with Crippen molar-refractivity contribution in [3.8, 4) is 6.07 Å². The van der Waals surface area contributed by atoms with Gasteiger partial charge in [-0.1, -0.05) is 23.7 Å². The number of para-hydroxylation sites is 2. The fourth-order valence-corrected chi connectivity index (χ4v) is 1.73. The summed E-state index contributed by atoms with van der Waals surface area (Å²) in [6.07, 6.45) is 0. The molecule has 0 bridgehead atoms. The van der Waals surface area contributed by atoms with E-state index in [-0.39, 0.29) is 16.4 Å². The van der Waals surface area contributed by atoms with Crippen LogP contribution in [0.25, 0.3) is 0 Å². The summed E-state index contributed by atoms with van der Waals surface area (Å²) >= 11 is 5.90. The first-order chi connectivity index (χ1) is 8.63. The van der Waals surface area contributed by atoms with Crippen LogP contribution in [-0.4, -0.2) is 0 Å². The highest BCUT2D eigenvalue weighted by Gasteiger charge is 2.10. The number of nitrogen functional groups attached to an aromatic ring is 1. The Balaban J connectivity index is 2.44. The van der Waals surface area contributed by atoms with Gasteiger partial charge in [-0.2, -0.15) is 5.26 Å². The highest BCUT2D eigenvalue weighted by Crippen LogP contribution is 2.31. The Bertz CT molecular complexity index is 614. The second kappa shape index (κ2) is 4.94. The standard InChI is InChI=1S/C13H9ClFN3/c14-9-4-2-5-10(15)13(9)18-11-6-1-3-8(7-16)12(11)17/h1-6,18H,17H2. The maximum absolute atomic E-state index is 13.6. The van der Waals surface area contributed by atoms with Crippen molar-refractivity contribution >= 4 is 28.7 Å². The van der Waals surface area contributed by atoms with Gasteiger partial charge in [0.15, 0.2) is 0 Å². The number of nitrogens with zero attached hydrogens (tertiary/aromatic N) is 1. The highest BCUT2D eigenvalue weighted by molar-refractivity contribution is 6.33. The predicted molar refractivity (Wildman–Crippen MR) is 70.3 cm³/mol. The van der Waals surface area contributed by atoms with Crippen molar-refractivity contribution in [2.75, 3.05) is 11.1 Å². The van der Waals surface area contributed by atoms with E-state index in [1.165, 1.54) is 12.1 Å². The Kier molecular flexibility index (Phi) is 3.35. The van der Waals surface area contributed by atoms with Gasteiger partial charge in [-0.25, -0.2) is 4.39 Å². The number of benzene rings is 2. The van der Waals surface area contributed by atoms with E-state index < -0.39 is 5.82 Å². The number of anilines is 3. The lowest BCUT2D eigenvalue weighted by molar-refractivity contribution is 0.632. The van der Waals surface area contributed by atoms with Crippen molar-refractivity contribution < 1.29 is 4.39 Å². The normalized spacial score (nSPS) is 9.83. The zero-order chi connectivity index (χ0) is 13.1. The van der Waals surface area contributed by atoms with Crippen LogP contribution in [0.5, 0.6) is 0 Å². The van der Waals surface area contributed by atoms with Crippen LogP contribution in [0.4, 0.5) is 21.5 Å². The van der Waals surface area contributed by atoms with Crippen LogP contribution < -0.4 is 11.1 Å². The monoisotopic (exact) mass is 261 g/mol. The molecule has 2 aromatic rings. The van der Waals surface area contributed by atoms with Crippen LogP contribution >= 0.6 is 11.6 Å². The van der Waals surface area contributed by atoms with Gasteiger partial charge in [-0.15, -0.1) is 0 Å². The molecule has 0 radical (unpaired) electrons. The summed E-state index contributed by atoms with van der Waals surface area (Å²) in [5.41, 5.74) is 6.97. The Morgan fingerprint density at radius 1 is 1.22 bits per heavy atom. The van der Waals surface area contributed by atoms with Gasteiger partial charge >= 0.3 is 0 Å². The highest BCUT2D eigenvalue weighted by atomic mass is 35.5. The Morgan fingerprint density at radius 3 is 2.61 bits per heavy atom. The summed E-state index contributed by atoms with van der Waals surface area (Å²) in [7, 11) is 0. The summed E-state index contributed by atoms with van der Waals surface area (Å²) < 4.78 is 13.6. The van der Waals surface area contributed by atoms with Gasteiger partial charge in [0.25, 0.3) is 0 Å². The van der Waals surface area contributed by atoms with Crippen LogP contribution in [0.2, 0.25) is 5.02 Å². The predicted octanol–water partition coefficient (Wildman–Crippen LogP) is 3.68. The quantitative estimate of drug-likeness (QED) is 0.811. The van der Waals surface area contributed by atoms with Gasteiger partial charge in [0.1, 0.15) is 11.9 Å². The van der Waals surface area contributed by atoms with Crippen molar-refractivity contribution in [2.24, 2.45) is 0 Å². The maximum Gasteiger partial charge on any atom is 0.148 e. The first-order valence-corrected chi connectivity index (χ1v) is 5.51. The minimum absolute atomic E-state index is 0.140. The van der Waals surface area contributed by atoms with E-state index in [2.05, 4.69) is 5.32 Å². The van der Waals surface area contributed by atoms with E-state index in [1.807, 2.05) is 6.07 Å². The molecule has 18 heavy (non-hydrogen) atoms. The van der Waals surface area contributed by atoms with Crippen LogP contribution in [0.15, 0.2) is 36.4 Å². The van der Waals surface area contributed by atoms with Crippen molar-refractivity contribution in [2.45, 2.75) is 0 Å². The van der Waals surface area contributed by atoms with Crippen molar-refractivity contribution in [1.29, 1.82) is 5.26 Å². The van der Waals surface area contributed by atoms with Crippen LogP contribution in [0, 0.1) is 17.1 Å². The minimum Gasteiger partial charge on any atom is -0.396 e. The lowest BCUT2D eigenvalue weighted by atomic mass is 10.1. The number of nitriles is 1. The molecular formula is C13H9ClFN3. The molecular weight excluding hydrogens is 253 g/mol. The van der Waals surface area contributed by atoms with E-state index in [0.29, 0.717) is 11.3 Å². The van der Waals surface area contributed by atoms with E-state index in [0.717, 1.165) is 0 Å². The van der Waals surface area contributed by atoms with Gasteiger partial charge in [0, 0.05) is 0 Å². The number of hydrogen-bond donors (Lipinski definition) is 2. The van der Waals surface area contributed by atoms with Crippen LogP contribution in [-0.2, 0) is 0 Å². The molecule has 0 aliphatic carbocycles. The largest absolute Gasteiger partial charge is 0.396 e. The molecule has 90 valence electrons. The molecule has 0 aliphatic heterocycles. The molecule has 3 nitrogen and oxygen atoms in total. The van der Waals surface area contributed by atoms with E-state index in [1.54, 1.807) is 24.3 Å². The Labute approximate surface area is 109 Å². The van der Waals surface area contributed by atoms with Crippen LogP contribution in [0.3, 0.4) is 0 Å². The summed E-state index contributed by atoms with van der Waals surface area (Å²) in [6.45, 7) is 0. The molecule has 0 aromatic heterocycles. The second-order valence-electron chi connectivity index (χ2n) is 3.60. The number of nitrogens with two attached hydrogens (primary N) is 1. The molecule has 0 saturated heterocycles. The van der Waals surface area contributed by atoms with Gasteiger partial charge < -0.3 is 11.1 Å². The number of hydrogen-bond acceptors (Lipinski definition) is 3. The molecule has 0 spiro atoms. The van der Waals surface area contributed by atoms with Gasteiger partial charge in [-0.05, 0) is 24.3 Å². The molecule has 0 amide bonds. The number of rotatable bonds is 2. The third kappa shape index (κ3) is 2.22. The fourth-order valence-electron chi connectivity index (χ4n) is 1.52. The summed E-state index contributed by atoms with van der Waals surface area (Å²) in [6, 6.07) is 11.2. The molecule has 0 unspecified atom stereocenters. The first-order valence-electron chi connectivity index (χ1n) is 5.13. The lowest BCUT2D eigenvalue weighted by Crippen LogP contribution is -2.00. The molecule has 0 atom stereocenters. The molecule has 0 aliphatic rings. The van der Waals surface area contributed by atoms with Crippen molar-refractivity contribution in [3.05, 3.63) is 52.8 Å². The summed E-state index contributed by atoms with van der Waals surface area (Å²) in [5.74, 6) is -0.482. The van der Waals surface area contributed by atoms with E-state index in [9.17, 15) is 4.39 Å². The SMILES string of the molecule is N#Cc1cccc(Nc2c(F)cccc2Cl)c1N. The molecule has 2 aromatic carbocycles. The Morgan fingerprint density at radius 2 is 1.94 bits per heavy atom. The third-order valence-electron chi connectivity index (χ3n) is 2.45. The number of nitrogens with one attached hydrogen (secondary N) is 1. The zero-order valence-electron chi connectivity index (χ0n) is 9.24. The topological polar surface area (TPSA) is 61.8 Å². The number of halogens is 2. The maximum atomic E-state index is 13.6. The van der Waals surface area contributed by atoms with Gasteiger partial charge in [0.05, 0.1) is 27.6 Å². The van der Waals surface area contributed by atoms with E-state index >= 15 is 0 Å². The average molecular weight is 262 g/mol. The first kappa shape index (κ1) is 12.2. The Hall–Kier alpha value is -2.25. The van der Waals surface area contributed by atoms with Gasteiger partial charge in [-0.3, -0.25) is 0 Å². The summed E-state index contributed by atoms with van der Waals surface area (Å²) in [5, 5.41) is 11.9. The minimum atomic E-state index is -0.482. The lowest BCUT2D eigenvalue weighted by Gasteiger charge is -2.12. The molecule has 0 fully saturated rings. The fraction of sp³-hybridized carbons (Fsp3) is 0. The van der Waals surface area contributed by atoms with Crippen molar-refractivity contribution in [3.63, 3.8) is 0 Å². The molecule has 3 N–H and O–H groups in total. The smallest absolute Gasteiger partial charge is 0.148 e. The third-order valence-corrected chi connectivity index (χ3v) is 2.76. The average Bonchev–Trinajstić information content (AvgIpc) is 2.36. The molecule has 0 heterocycles. The van der Waals surface area contributed by atoms with Gasteiger partial charge in [0.2, 0.25) is 0 Å². The molecule has 2 rings (SSSR count). The summed E-state index contributed by atoms with van der Waals surface area (Å²) in [4.78, 5) is 0. The van der Waals surface area contributed by atoms with E-state index in [4.69, 9.17) is 22.6 Å². The van der Waals surface area contributed by atoms with Crippen LogP contribution in [0.1, 0.15) is 5.56 Å². The zero-order valence-corrected chi connectivity index (χ0v) is 10.0.